The fourth-order valence-corrected chi connectivity index (χ4v) is 3.28. The number of aliphatic hydroxyl groups excluding tert-OH is 1. The van der Waals surface area contributed by atoms with E-state index in [1.165, 1.54) is 6.42 Å². The van der Waals surface area contributed by atoms with Gasteiger partial charge in [0.2, 0.25) is 0 Å². The number of hydrogen-bond donors (Lipinski definition) is 1. The molecule has 1 aliphatic rings. The fourth-order valence-electron chi connectivity index (χ4n) is 3.08. The first kappa shape index (κ1) is 15.6. The molecule has 1 unspecified atom stereocenters. The molecule has 1 aliphatic carbocycles. The van der Waals surface area contributed by atoms with Crippen molar-refractivity contribution in [2.24, 2.45) is 0 Å². The summed E-state index contributed by atoms with van der Waals surface area (Å²) < 4.78 is 11.2. The molecule has 1 aromatic rings. The second-order valence-corrected chi connectivity index (χ2v) is 5.76. The Kier molecular flexibility index (Phi) is 5.30. The molecule has 20 heavy (non-hydrogen) atoms. The van der Waals surface area contributed by atoms with E-state index < -0.39 is 11.7 Å². The van der Waals surface area contributed by atoms with Crippen molar-refractivity contribution in [3.05, 3.63) is 28.8 Å². The van der Waals surface area contributed by atoms with Gasteiger partial charge in [-0.1, -0.05) is 36.9 Å². The van der Waals surface area contributed by atoms with Gasteiger partial charge in [0.15, 0.2) is 0 Å². The maximum atomic E-state index is 10.8. The van der Waals surface area contributed by atoms with Crippen LogP contribution in [-0.2, 0) is 4.74 Å². The highest BCUT2D eigenvalue weighted by molar-refractivity contribution is 6.32. The molecule has 0 saturated heterocycles. The normalized spacial score (nSPS) is 19.6. The Balaban J connectivity index is 2.29. The van der Waals surface area contributed by atoms with E-state index in [1.54, 1.807) is 13.2 Å². The van der Waals surface area contributed by atoms with Gasteiger partial charge in [-0.05, 0) is 37.5 Å². The summed E-state index contributed by atoms with van der Waals surface area (Å²) in [5, 5.41) is 11.4. The van der Waals surface area contributed by atoms with Crippen LogP contribution in [0.15, 0.2) is 18.2 Å². The molecule has 0 bridgehead atoms. The molecule has 0 heterocycles. The lowest BCUT2D eigenvalue weighted by Crippen LogP contribution is -2.41. The van der Waals surface area contributed by atoms with Gasteiger partial charge >= 0.3 is 0 Å². The van der Waals surface area contributed by atoms with Crippen molar-refractivity contribution in [2.45, 2.75) is 50.7 Å². The van der Waals surface area contributed by atoms with E-state index in [9.17, 15) is 5.11 Å². The molecule has 3 nitrogen and oxygen atoms in total. The third-order valence-corrected chi connectivity index (χ3v) is 4.43. The fraction of sp³-hybridized carbons (Fsp3) is 0.625. The number of aliphatic hydroxyl groups is 1. The van der Waals surface area contributed by atoms with Gasteiger partial charge in [-0.15, -0.1) is 0 Å². The van der Waals surface area contributed by atoms with E-state index >= 15 is 0 Å². The Morgan fingerprint density at radius 2 is 2.00 bits per heavy atom. The highest BCUT2D eigenvalue weighted by Gasteiger charge is 2.40. The quantitative estimate of drug-likeness (QED) is 0.888. The van der Waals surface area contributed by atoms with Gasteiger partial charge in [0.25, 0.3) is 0 Å². The van der Waals surface area contributed by atoms with E-state index in [0.717, 1.165) is 31.2 Å². The predicted molar refractivity (Wildman–Crippen MR) is 80.4 cm³/mol. The third kappa shape index (κ3) is 3.11. The summed E-state index contributed by atoms with van der Waals surface area (Å²) in [7, 11) is 1.58. The molecule has 0 spiro atoms. The van der Waals surface area contributed by atoms with E-state index in [2.05, 4.69) is 0 Å². The van der Waals surface area contributed by atoms with Crippen LogP contribution in [0.1, 0.15) is 50.7 Å². The van der Waals surface area contributed by atoms with Gasteiger partial charge < -0.3 is 14.6 Å². The van der Waals surface area contributed by atoms with Crippen molar-refractivity contribution in [3.8, 4) is 5.75 Å². The number of methoxy groups -OCH3 is 1. The first-order chi connectivity index (χ1) is 9.63. The van der Waals surface area contributed by atoms with Crippen LogP contribution in [0, 0.1) is 0 Å². The Labute approximate surface area is 125 Å². The van der Waals surface area contributed by atoms with Crippen molar-refractivity contribution in [3.63, 3.8) is 0 Å². The minimum atomic E-state index is -0.645. The van der Waals surface area contributed by atoms with Crippen LogP contribution in [0.2, 0.25) is 5.02 Å². The molecule has 0 radical (unpaired) electrons. The maximum Gasteiger partial charge on any atom is 0.137 e. The Morgan fingerprint density at radius 3 is 2.60 bits per heavy atom. The summed E-state index contributed by atoms with van der Waals surface area (Å²) in [6.45, 7) is 2.59. The van der Waals surface area contributed by atoms with E-state index in [0.29, 0.717) is 17.4 Å². The standard InChI is InChI=1S/C16H23ClO3/c1-3-20-16(9-5-4-6-10-16)15(18)12-7-8-13(17)14(11-12)19-2/h7-8,11,15,18H,3-6,9-10H2,1-2H3. The average Bonchev–Trinajstić information content (AvgIpc) is 2.48. The maximum absolute atomic E-state index is 10.8. The molecule has 112 valence electrons. The zero-order chi connectivity index (χ0) is 14.6. The lowest BCUT2D eigenvalue weighted by atomic mass is 9.78. The number of hydrogen-bond acceptors (Lipinski definition) is 3. The number of halogens is 1. The summed E-state index contributed by atoms with van der Waals surface area (Å²) in [5.41, 5.74) is 0.341. The minimum Gasteiger partial charge on any atom is -0.495 e. The predicted octanol–water partition coefficient (Wildman–Crippen LogP) is 4.12. The molecule has 1 aromatic carbocycles. The second-order valence-electron chi connectivity index (χ2n) is 5.35. The molecule has 1 atom stereocenters. The van der Waals surface area contributed by atoms with E-state index in [1.807, 2.05) is 19.1 Å². The molecule has 1 saturated carbocycles. The van der Waals surface area contributed by atoms with Crippen LogP contribution in [0.4, 0.5) is 0 Å². The lowest BCUT2D eigenvalue weighted by molar-refractivity contribution is -0.141. The van der Waals surface area contributed by atoms with Gasteiger partial charge in [-0.3, -0.25) is 0 Å². The topological polar surface area (TPSA) is 38.7 Å². The monoisotopic (exact) mass is 298 g/mol. The zero-order valence-corrected chi connectivity index (χ0v) is 12.9. The van der Waals surface area contributed by atoms with Gasteiger partial charge in [-0.25, -0.2) is 0 Å². The molecule has 0 amide bonds. The van der Waals surface area contributed by atoms with Crippen molar-refractivity contribution >= 4 is 11.6 Å². The summed E-state index contributed by atoms with van der Waals surface area (Å²) in [4.78, 5) is 0. The van der Waals surface area contributed by atoms with Crippen molar-refractivity contribution < 1.29 is 14.6 Å². The van der Waals surface area contributed by atoms with E-state index in [-0.39, 0.29) is 0 Å². The molecule has 2 rings (SSSR count). The Morgan fingerprint density at radius 1 is 1.30 bits per heavy atom. The van der Waals surface area contributed by atoms with Crippen LogP contribution in [-0.4, -0.2) is 24.4 Å². The van der Waals surface area contributed by atoms with Crippen LogP contribution >= 0.6 is 11.6 Å². The average molecular weight is 299 g/mol. The molecule has 0 aliphatic heterocycles. The Hall–Kier alpha value is -0.770. The molecular formula is C16H23ClO3. The minimum absolute atomic E-state index is 0.466. The van der Waals surface area contributed by atoms with Gasteiger partial charge in [-0.2, -0.15) is 0 Å². The Bertz CT molecular complexity index is 436. The highest BCUT2D eigenvalue weighted by atomic mass is 35.5. The van der Waals surface area contributed by atoms with Crippen molar-refractivity contribution in [2.75, 3.05) is 13.7 Å². The molecule has 1 fully saturated rings. The highest BCUT2D eigenvalue weighted by Crippen LogP contribution is 2.42. The summed E-state index contributed by atoms with van der Waals surface area (Å²) >= 11 is 6.04. The van der Waals surface area contributed by atoms with E-state index in [4.69, 9.17) is 21.1 Å². The van der Waals surface area contributed by atoms with Crippen LogP contribution in [0.25, 0.3) is 0 Å². The number of benzene rings is 1. The van der Waals surface area contributed by atoms with Crippen LogP contribution in [0.3, 0.4) is 0 Å². The van der Waals surface area contributed by atoms with Crippen molar-refractivity contribution in [1.82, 2.24) is 0 Å². The van der Waals surface area contributed by atoms with Crippen LogP contribution in [0.5, 0.6) is 5.75 Å². The summed E-state index contributed by atoms with van der Waals surface area (Å²) in [5.74, 6) is 0.589. The third-order valence-electron chi connectivity index (χ3n) is 4.12. The molecular weight excluding hydrogens is 276 g/mol. The van der Waals surface area contributed by atoms with Crippen molar-refractivity contribution in [1.29, 1.82) is 0 Å². The first-order valence-corrected chi connectivity index (χ1v) is 7.66. The smallest absolute Gasteiger partial charge is 0.137 e. The lowest BCUT2D eigenvalue weighted by Gasteiger charge is -2.41. The first-order valence-electron chi connectivity index (χ1n) is 7.28. The zero-order valence-electron chi connectivity index (χ0n) is 12.2. The molecule has 1 N–H and O–H groups in total. The SMILES string of the molecule is CCOC1(C(O)c2ccc(Cl)c(OC)c2)CCCCC1. The summed E-state index contributed by atoms with van der Waals surface area (Å²) in [6.07, 6.45) is 4.56. The molecule has 0 aromatic heterocycles. The number of rotatable bonds is 5. The number of ether oxygens (including phenoxy) is 2. The van der Waals surface area contributed by atoms with Gasteiger partial charge in [0.05, 0.1) is 17.7 Å². The summed E-state index contributed by atoms with van der Waals surface area (Å²) in [6, 6.07) is 5.43. The largest absolute Gasteiger partial charge is 0.495 e. The van der Waals surface area contributed by atoms with Gasteiger partial charge in [0, 0.05) is 6.61 Å². The van der Waals surface area contributed by atoms with Gasteiger partial charge in [0.1, 0.15) is 11.9 Å². The van der Waals surface area contributed by atoms with Crippen LogP contribution < -0.4 is 4.74 Å². The second kappa shape index (κ2) is 6.79. The molecule has 4 heteroatoms.